The quantitative estimate of drug-likeness (QED) is 0.656. The van der Waals surface area contributed by atoms with Crippen molar-refractivity contribution in [3.8, 4) is 0 Å². The molecule has 0 spiro atoms. The molecule has 6 heteroatoms. The van der Waals surface area contributed by atoms with Gasteiger partial charge in [-0.1, -0.05) is 34.1 Å². The number of rotatable bonds is 4. The molecule has 0 aliphatic carbocycles. The number of fused-ring (bicyclic) bond motifs is 3. The second kappa shape index (κ2) is 6.04. The molecule has 0 saturated heterocycles. The summed E-state index contributed by atoms with van der Waals surface area (Å²) in [6, 6.07) is 9.83. The zero-order valence-corrected chi connectivity index (χ0v) is 14.2. The number of aromatic nitrogens is 1. The van der Waals surface area contributed by atoms with E-state index in [0.29, 0.717) is 6.54 Å². The van der Waals surface area contributed by atoms with Gasteiger partial charge in [0.05, 0.1) is 11.9 Å². The SMILES string of the molecule is CC(=O)NCc1ccc2c(c1)[nH]c1c(CC(N)=O)ccc(Br)c12. The maximum atomic E-state index is 11.3. The number of nitrogens with one attached hydrogen (secondary N) is 2. The third-order valence-corrected chi connectivity index (χ3v) is 4.42. The Morgan fingerprint density at radius 2 is 2.04 bits per heavy atom. The van der Waals surface area contributed by atoms with Crippen LogP contribution in [0.1, 0.15) is 18.1 Å². The van der Waals surface area contributed by atoms with Gasteiger partial charge in [-0.15, -0.1) is 0 Å². The van der Waals surface area contributed by atoms with Gasteiger partial charge in [-0.05, 0) is 23.3 Å². The van der Waals surface area contributed by atoms with Crippen LogP contribution in [-0.2, 0) is 22.6 Å². The Morgan fingerprint density at radius 3 is 2.74 bits per heavy atom. The zero-order valence-electron chi connectivity index (χ0n) is 12.6. The summed E-state index contributed by atoms with van der Waals surface area (Å²) in [5.41, 5.74) is 9.08. The molecule has 2 aromatic carbocycles. The topological polar surface area (TPSA) is 88.0 Å². The van der Waals surface area contributed by atoms with E-state index in [2.05, 4.69) is 26.2 Å². The van der Waals surface area contributed by atoms with Crippen LogP contribution in [0.15, 0.2) is 34.8 Å². The van der Waals surface area contributed by atoms with Crippen LogP contribution in [0, 0.1) is 0 Å². The first-order chi connectivity index (χ1) is 11.0. The minimum Gasteiger partial charge on any atom is -0.369 e. The molecule has 3 rings (SSSR count). The molecule has 23 heavy (non-hydrogen) atoms. The molecule has 0 aliphatic rings. The molecule has 0 unspecified atom stereocenters. The Morgan fingerprint density at radius 1 is 1.26 bits per heavy atom. The van der Waals surface area contributed by atoms with Crippen molar-refractivity contribution in [3.05, 3.63) is 45.9 Å². The van der Waals surface area contributed by atoms with Crippen LogP contribution in [0.2, 0.25) is 0 Å². The predicted molar refractivity (Wildman–Crippen MR) is 93.9 cm³/mol. The predicted octanol–water partition coefficient (Wildman–Crippen LogP) is 2.75. The van der Waals surface area contributed by atoms with Gasteiger partial charge in [0.1, 0.15) is 0 Å². The fourth-order valence-corrected chi connectivity index (χ4v) is 3.29. The number of halogens is 1. The molecular formula is C17H16BrN3O2. The van der Waals surface area contributed by atoms with Crippen molar-refractivity contribution in [2.45, 2.75) is 19.9 Å². The van der Waals surface area contributed by atoms with E-state index in [-0.39, 0.29) is 18.2 Å². The van der Waals surface area contributed by atoms with Crippen LogP contribution in [0.4, 0.5) is 0 Å². The molecule has 0 saturated carbocycles. The van der Waals surface area contributed by atoms with Crippen molar-refractivity contribution < 1.29 is 9.59 Å². The second-order valence-corrected chi connectivity index (χ2v) is 6.37. The number of amides is 2. The smallest absolute Gasteiger partial charge is 0.221 e. The van der Waals surface area contributed by atoms with E-state index in [1.54, 1.807) is 0 Å². The van der Waals surface area contributed by atoms with E-state index < -0.39 is 0 Å². The normalized spacial score (nSPS) is 11.0. The fraction of sp³-hybridized carbons (Fsp3) is 0.176. The highest BCUT2D eigenvalue weighted by atomic mass is 79.9. The van der Waals surface area contributed by atoms with E-state index in [4.69, 9.17) is 5.73 Å². The minimum absolute atomic E-state index is 0.0618. The van der Waals surface area contributed by atoms with Crippen LogP contribution in [0.25, 0.3) is 21.8 Å². The van der Waals surface area contributed by atoms with Gasteiger partial charge in [-0.2, -0.15) is 0 Å². The molecule has 4 N–H and O–H groups in total. The lowest BCUT2D eigenvalue weighted by molar-refractivity contribution is -0.119. The van der Waals surface area contributed by atoms with E-state index >= 15 is 0 Å². The van der Waals surface area contributed by atoms with Crippen molar-refractivity contribution in [1.29, 1.82) is 0 Å². The third-order valence-electron chi connectivity index (χ3n) is 3.76. The first-order valence-electron chi connectivity index (χ1n) is 7.20. The maximum Gasteiger partial charge on any atom is 0.221 e. The summed E-state index contributed by atoms with van der Waals surface area (Å²) in [6.45, 7) is 1.98. The average Bonchev–Trinajstić information content (AvgIpc) is 2.87. The van der Waals surface area contributed by atoms with Gasteiger partial charge in [0.25, 0.3) is 0 Å². The van der Waals surface area contributed by atoms with Gasteiger partial charge in [0.2, 0.25) is 11.8 Å². The van der Waals surface area contributed by atoms with E-state index in [1.807, 2.05) is 30.3 Å². The summed E-state index contributed by atoms with van der Waals surface area (Å²) < 4.78 is 0.960. The first kappa shape index (κ1) is 15.6. The Bertz CT molecular complexity index is 930. The Balaban J connectivity index is 2.14. The number of nitrogens with two attached hydrogens (primary N) is 1. The molecule has 0 fully saturated rings. The first-order valence-corrected chi connectivity index (χ1v) is 7.99. The molecule has 0 aliphatic heterocycles. The molecule has 118 valence electrons. The molecular weight excluding hydrogens is 358 g/mol. The zero-order chi connectivity index (χ0) is 16.6. The fourth-order valence-electron chi connectivity index (χ4n) is 2.75. The summed E-state index contributed by atoms with van der Waals surface area (Å²) in [6.07, 6.45) is 0.190. The molecule has 2 amide bonds. The highest BCUT2D eigenvalue weighted by Crippen LogP contribution is 2.34. The lowest BCUT2D eigenvalue weighted by atomic mass is 10.1. The molecule has 1 heterocycles. The van der Waals surface area contributed by atoms with Gasteiger partial charge in [0, 0.05) is 34.2 Å². The van der Waals surface area contributed by atoms with E-state index in [9.17, 15) is 9.59 Å². The summed E-state index contributed by atoms with van der Waals surface area (Å²) in [5.74, 6) is -0.424. The van der Waals surface area contributed by atoms with Crippen LogP contribution < -0.4 is 11.1 Å². The number of hydrogen-bond donors (Lipinski definition) is 3. The number of carbonyl (C=O) groups is 2. The molecule has 0 bridgehead atoms. The molecule has 3 aromatic rings. The van der Waals surface area contributed by atoms with Crippen molar-refractivity contribution in [3.63, 3.8) is 0 Å². The molecule has 5 nitrogen and oxygen atoms in total. The van der Waals surface area contributed by atoms with E-state index in [0.717, 1.165) is 37.4 Å². The Kier molecular flexibility index (Phi) is 4.09. The number of carbonyl (C=O) groups excluding carboxylic acids is 2. The van der Waals surface area contributed by atoms with Gasteiger partial charge in [-0.25, -0.2) is 0 Å². The van der Waals surface area contributed by atoms with Crippen molar-refractivity contribution in [1.82, 2.24) is 10.3 Å². The molecule has 0 atom stereocenters. The third kappa shape index (κ3) is 3.07. The monoisotopic (exact) mass is 373 g/mol. The largest absolute Gasteiger partial charge is 0.369 e. The number of benzene rings is 2. The lowest BCUT2D eigenvalue weighted by Gasteiger charge is -2.03. The van der Waals surface area contributed by atoms with Crippen molar-refractivity contribution in [2.75, 3.05) is 0 Å². The summed E-state index contributed by atoms with van der Waals surface area (Å²) in [4.78, 5) is 25.7. The van der Waals surface area contributed by atoms with Gasteiger partial charge < -0.3 is 16.0 Å². The summed E-state index contributed by atoms with van der Waals surface area (Å²) >= 11 is 3.57. The number of aromatic amines is 1. The second-order valence-electron chi connectivity index (χ2n) is 5.51. The summed E-state index contributed by atoms with van der Waals surface area (Å²) in [7, 11) is 0. The van der Waals surface area contributed by atoms with Crippen molar-refractivity contribution >= 4 is 49.6 Å². The number of hydrogen-bond acceptors (Lipinski definition) is 2. The Labute approximate surface area is 141 Å². The standard InChI is InChI=1S/C17H16BrN3O2/c1-9(22)20-8-10-2-4-12-14(6-10)21-17-11(7-15(19)23)3-5-13(18)16(12)17/h2-6,21H,7-8H2,1H3,(H2,19,23)(H,20,22). The highest BCUT2D eigenvalue weighted by Gasteiger charge is 2.13. The number of H-pyrrole nitrogens is 1. The molecule has 0 radical (unpaired) electrons. The lowest BCUT2D eigenvalue weighted by Crippen LogP contribution is -2.18. The van der Waals surface area contributed by atoms with Crippen LogP contribution in [-0.4, -0.2) is 16.8 Å². The highest BCUT2D eigenvalue weighted by molar-refractivity contribution is 9.10. The number of primary amides is 1. The minimum atomic E-state index is -0.362. The van der Waals surface area contributed by atoms with Crippen LogP contribution in [0.3, 0.4) is 0 Å². The van der Waals surface area contributed by atoms with Gasteiger partial charge in [0.15, 0.2) is 0 Å². The van der Waals surface area contributed by atoms with Crippen molar-refractivity contribution in [2.24, 2.45) is 5.73 Å². The van der Waals surface area contributed by atoms with Gasteiger partial charge >= 0.3 is 0 Å². The maximum absolute atomic E-state index is 11.3. The van der Waals surface area contributed by atoms with E-state index in [1.165, 1.54) is 6.92 Å². The van der Waals surface area contributed by atoms with Crippen LogP contribution in [0.5, 0.6) is 0 Å². The summed E-state index contributed by atoms with van der Waals surface area (Å²) in [5, 5.41) is 4.88. The molecule has 1 aromatic heterocycles. The average molecular weight is 374 g/mol. The van der Waals surface area contributed by atoms with Crippen LogP contribution >= 0.6 is 15.9 Å². The Hall–Kier alpha value is -2.34. The van der Waals surface area contributed by atoms with Gasteiger partial charge in [-0.3, -0.25) is 9.59 Å².